The first-order valence-corrected chi connectivity index (χ1v) is 12.5. The molecule has 0 fully saturated rings. The van der Waals surface area contributed by atoms with E-state index in [1.165, 1.54) is 0 Å². The van der Waals surface area contributed by atoms with Gasteiger partial charge in [-0.15, -0.1) is 0 Å². The maximum atomic E-state index is 13.3. The van der Waals surface area contributed by atoms with Crippen molar-refractivity contribution in [2.24, 2.45) is 5.10 Å². The fourth-order valence-electron chi connectivity index (χ4n) is 4.25. The number of methoxy groups -OCH3 is 3. The second-order valence-corrected chi connectivity index (χ2v) is 8.67. The number of carbonyl (C=O) groups excluding carboxylic acids is 1. The van der Waals surface area contributed by atoms with E-state index in [4.69, 9.17) is 23.9 Å². The maximum Gasteiger partial charge on any atom is 0.272 e. The van der Waals surface area contributed by atoms with Crippen LogP contribution in [0, 0.1) is 0 Å². The lowest BCUT2D eigenvalue weighted by Gasteiger charge is -2.15. The van der Waals surface area contributed by atoms with Crippen LogP contribution in [-0.2, 0) is 0 Å². The Hall–Kier alpha value is -5.37. The summed E-state index contributed by atoms with van der Waals surface area (Å²) in [5, 5.41) is 4.89. The molecule has 0 saturated carbocycles. The summed E-state index contributed by atoms with van der Waals surface area (Å²) >= 11 is 0. The van der Waals surface area contributed by atoms with E-state index in [1.54, 1.807) is 45.7 Å². The summed E-state index contributed by atoms with van der Waals surface area (Å²) in [7, 11) is 4.65. The topological polar surface area (TPSA) is 91.3 Å². The highest BCUT2D eigenvalue weighted by atomic mass is 16.5. The minimum absolute atomic E-state index is 0.375. The molecule has 0 saturated heterocycles. The molecule has 8 nitrogen and oxygen atoms in total. The van der Waals surface area contributed by atoms with Crippen LogP contribution in [0.25, 0.3) is 22.2 Å². The summed E-state index contributed by atoms with van der Waals surface area (Å²) in [6, 6.07) is 29.7. The predicted molar refractivity (Wildman–Crippen MR) is 155 cm³/mol. The number of ether oxygens (including phenoxy) is 4. The van der Waals surface area contributed by atoms with E-state index in [9.17, 15) is 4.79 Å². The molecule has 200 valence electrons. The van der Waals surface area contributed by atoms with E-state index in [0.29, 0.717) is 50.7 Å². The van der Waals surface area contributed by atoms with Crippen LogP contribution in [0.4, 0.5) is 0 Å². The summed E-state index contributed by atoms with van der Waals surface area (Å²) < 4.78 is 22.3. The van der Waals surface area contributed by atoms with E-state index < -0.39 is 0 Å². The van der Waals surface area contributed by atoms with Crippen LogP contribution in [0.2, 0.25) is 0 Å². The van der Waals surface area contributed by atoms with Gasteiger partial charge in [-0.3, -0.25) is 4.79 Å². The van der Waals surface area contributed by atoms with Crippen LogP contribution in [0.1, 0.15) is 15.9 Å². The second kappa shape index (κ2) is 12.0. The van der Waals surface area contributed by atoms with Crippen LogP contribution in [0.5, 0.6) is 28.7 Å². The third-order valence-electron chi connectivity index (χ3n) is 6.14. The van der Waals surface area contributed by atoms with Crippen LogP contribution in [0.15, 0.2) is 102 Å². The average molecular weight is 534 g/mol. The summed E-state index contributed by atoms with van der Waals surface area (Å²) in [5.41, 5.74) is 5.77. The van der Waals surface area contributed by atoms with Gasteiger partial charge in [0, 0.05) is 10.9 Å². The highest BCUT2D eigenvalue weighted by molar-refractivity contribution is 6.07. The van der Waals surface area contributed by atoms with Gasteiger partial charge >= 0.3 is 0 Å². The number of hydrogen-bond acceptors (Lipinski definition) is 7. The summed E-state index contributed by atoms with van der Waals surface area (Å²) in [4.78, 5) is 18.1. The number of carbonyl (C=O) groups is 1. The third-order valence-corrected chi connectivity index (χ3v) is 6.14. The molecule has 8 heteroatoms. The highest BCUT2D eigenvalue weighted by Gasteiger charge is 2.18. The lowest BCUT2D eigenvalue weighted by atomic mass is 10.0. The lowest BCUT2D eigenvalue weighted by molar-refractivity contribution is 0.0956. The molecule has 1 heterocycles. The standard InChI is InChI=1S/C32H27N3O5/c1-37-29-17-22(18-30(38-2)31(29)39-3)28-19-26(25-14-7-8-15-27(25)34-28)32(36)35-33-20-21-10-9-13-24(16-21)40-23-11-5-4-6-12-23/h4-20H,1-3H3,(H,35,36)/b33-20-. The molecule has 1 aromatic heterocycles. The minimum Gasteiger partial charge on any atom is -0.493 e. The highest BCUT2D eigenvalue weighted by Crippen LogP contribution is 2.41. The number of rotatable bonds is 9. The minimum atomic E-state index is -0.375. The zero-order chi connectivity index (χ0) is 27.9. The Bertz CT molecular complexity index is 1660. The molecule has 5 aromatic rings. The van der Waals surface area contributed by atoms with Crippen LogP contribution >= 0.6 is 0 Å². The zero-order valence-corrected chi connectivity index (χ0v) is 22.3. The van der Waals surface area contributed by atoms with E-state index >= 15 is 0 Å². The van der Waals surface area contributed by atoms with Crippen molar-refractivity contribution in [2.75, 3.05) is 21.3 Å². The van der Waals surface area contributed by atoms with Crippen LogP contribution < -0.4 is 24.4 Å². The molecule has 0 bridgehead atoms. The predicted octanol–water partition coefficient (Wildman–Crippen LogP) is 6.48. The number of para-hydroxylation sites is 2. The Morgan fingerprint density at radius 3 is 2.20 bits per heavy atom. The number of hydrazone groups is 1. The van der Waals surface area contributed by atoms with Gasteiger partial charge in [-0.1, -0.05) is 48.5 Å². The van der Waals surface area contributed by atoms with Crippen molar-refractivity contribution < 1.29 is 23.7 Å². The Kier molecular flexibility index (Phi) is 7.87. The van der Waals surface area contributed by atoms with Gasteiger partial charge in [0.05, 0.1) is 44.3 Å². The smallest absolute Gasteiger partial charge is 0.272 e. The van der Waals surface area contributed by atoms with Crippen LogP contribution in [0.3, 0.4) is 0 Å². The number of amides is 1. The molecule has 0 unspecified atom stereocenters. The zero-order valence-electron chi connectivity index (χ0n) is 22.3. The van der Waals surface area contributed by atoms with Crippen molar-refractivity contribution in [3.05, 3.63) is 108 Å². The third kappa shape index (κ3) is 5.71. The molecule has 1 N–H and O–H groups in total. The quantitative estimate of drug-likeness (QED) is 0.172. The summed E-state index contributed by atoms with van der Waals surface area (Å²) in [6.07, 6.45) is 1.57. The number of benzene rings is 4. The van der Waals surface area contributed by atoms with Gasteiger partial charge in [-0.05, 0) is 54.1 Å². The molecule has 0 aliphatic rings. The Balaban J connectivity index is 1.42. The molecule has 0 spiro atoms. The van der Waals surface area contributed by atoms with Gasteiger partial charge in [-0.25, -0.2) is 10.4 Å². The van der Waals surface area contributed by atoms with Gasteiger partial charge in [0.1, 0.15) is 11.5 Å². The van der Waals surface area contributed by atoms with E-state index in [1.807, 2.05) is 78.9 Å². The molecule has 40 heavy (non-hydrogen) atoms. The molecule has 0 aliphatic heterocycles. The maximum absolute atomic E-state index is 13.3. The number of nitrogens with one attached hydrogen (secondary N) is 1. The molecular formula is C32H27N3O5. The lowest BCUT2D eigenvalue weighted by Crippen LogP contribution is -2.18. The fraction of sp³-hybridized carbons (Fsp3) is 0.0938. The van der Waals surface area contributed by atoms with Crippen molar-refractivity contribution in [3.8, 4) is 40.0 Å². The number of hydrogen-bond donors (Lipinski definition) is 1. The Morgan fingerprint density at radius 2 is 1.48 bits per heavy atom. The molecule has 0 aliphatic carbocycles. The molecular weight excluding hydrogens is 506 g/mol. The summed E-state index contributed by atoms with van der Waals surface area (Å²) in [5.74, 6) is 2.47. The molecule has 0 atom stereocenters. The SMILES string of the molecule is COc1cc(-c2cc(C(=O)N/N=C\c3cccc(Oc4ccccc4)c3)c3ccccc3n2)cc(OC)c1OC. The van der Waals surface area contributed by atoms with E-state index in [2.05, 4.69) is 10.5 Å². The first kappa shape index (κ1) is 26.2. The Labute approximate surface area is 231 Å². The molecule has 1 amide bonds. The summed E-state index contributed by atoms with van der Waals surface area (Å²) in [6.45, 7) is 0. The molecule has 5 rings (SSSR count). The fourth-order valence-corrected chi connectivity index (χ4v) is 4.25. The first-order chi connectivity index (χ1) is 19.6. The van der Waals surface area contributed by atoms with Gasteiger partial charge in [0.15, 0.2) is 11.5 Å². The van der Waals surface area contributed by atoms with Crippen molar-refractivity contribution in [3.63, 3.8) is 0 Å². The number of aromatic nitrogens is 1. The van der Waals surface area contributed by atoms with Gasteiger partial charge < -0.3 is 18.9 Å². The Morgan fingerprint density at radius 1 is 0.775 bits per heavy atom. The number of nitrogens with zero attached hydrogens (tertiary/aromatic N) is 2. The number of pyridine rings is 1. The van der Waals surface area contributed by atoms with Crippen molar-refractivity contribution in [1.82, 2.24) is 10.4 Å². The second-order valence-electron chi connectivity index (χ2n) is 8.67. The van der Waals surface area contributed by atoms with E-state index in [-0.39, 0.29) is 5.91 Å². The average Bonchev–Trinajstić information content (AvgIpc) is 3.00. The van der Waals surface area contributed by atoms with Gasteiger partial charge in [0.2, 0.25) is 5.75 Å². The first-order valence-electron chi connectivity index (χ1n) is 12.5. The van der Waals surface area contributed by atoms with E-state index in [0.717, 1.165) is 11.3 Å². The largest absolute Gasteiger partial charge is 0.493 e. The monoisotopic (exact) mass is 533 g/mol. The van der Waals surface area contributed by atoms with Crippen molar-refractivity contribution in [1.29, 1.82) is 0 Å². The van der Waals surface area contributed by atoms with Crippen LogP contribution in [-0.4, -0.2) is 38.4 Å². The normalized spacial score (nSPS) is 10.9. The molecule has 4 aromatic carbocycles. The van der Waals surface area contributed by atoms with Crippen molar-refractivity contribution >= 4 is 23.0 Å². The van der Waals surface area contributed by atoms with Gasteiger partial charge in [-0.2, -0.15) is 5.10 Å². The number of fused-ring (bicyclic) bond motifs is 1. The molecule has 0 radical (unpaired) electrons. The van der Waals surface area contributed by atoms with Gasteiger partial charge in [0.25, 0.3) is 5.91 Å². The van der Waals surface area contributed by atoms with Crippen molar-refractivity contribution in [2.45, 2.75) is 0 Å².